The third-order valence-corrected chi connectivity index (χ3v) is 0. The summed E-state index contributed by atoms with van der Waals surface area (Å²) in [5.41, 5.74) is 0. The van der Waals surface area contributed by atoms with Crippen molar-refractivity contribution in [3.63, 3.8) is 0 Å². The minimum Gasteiger partial charge on any atom is 0 e. The SMILES string of the molecule is F.F.F.F.F.F.[KH].[KH].[Ni]. The normalized spacial score (nSPS) is 0. The summed E-state index contributed by atoms with van der Waals surface area (Å²) >= 11 is 0. The van der Waals surface area contributed by atoms with Crippen LogP contribution in [0.3, 0.4) is 0 Å². The van der Waals surface area contributed by atoms with Crippen molar-refractivity contribution in [1.29, 1.82) is 0 Å². The molecular weight excluding hydrogens is 251 g/mol. The molecule has 0 rings (SSSR count). The van der Waals surface area contributed by atoms with Crippen molar-refractivity contribution in [2.45, 2.75) is 0 Å². The predicted octanol–water partition coefficient (Wildman–Crippen LogP) is -0.385. The van der Waals surface area contributed by atoms with Crippen molar-refractivity contribution >= 4 is 103 Å². The predicted molar refractivity (Wildman–Crippen MR) is 29.3 cm³/mol. The zero-order valence-corrected chi connectivity index (χ0v) is 3.75. The molecular formula is H8F6K2Ni. The molecule has 0 fully saturated rings. The van der Waals surface area contributed by atoms with Crippen LogP contribution in [0, 0.1) is 0 Å². The summed E-state index contributed by atoms with van der Waals surface area (Å²) in [5, 5.41) is 0. The van der Waals surface area contributed by atoms with Gasteiger partial charge in [0.15, 0.2) is 0 Å². The van der Waals surface area contributed by atoms with Crippen molar-refractivity contribution in [1.82, 2.24) is 0 Å². The molecule has 9 heteroatoms. The molecule has 0 amide bonds. The van der Waals surface area contributed by atoms with Gasteiger partial charge in [0.2, 0.25) is 0 Å². The summed E-state index contributed by atoms with van der Waals surface area (Å²) in [4.78, 5) is 0. The molecule has 0 bridgehead atoms. The van der Waals surface area contributed by atoms with E-state index in [9.17, 15) is 0 Å². The summed E-state index contributed by atoms with van der Waals surface area (Å²) in [6.07, 6.45) is 0. The van der Waals surface area contributed by atoms with E-state index in [1.54, 1.807) is 0 Å². The zero-order valence-electron chi connectivity index (χ0n) is 2.77. The summed E-state index contributed by atoms with van der Waals surface area (Å²) in [6, 6.07) is 0. The van der Waals surface area contributed by atoms with E-state index in [-0.39, 0.29) is 147 Å². The molecule has 0 saturated carbocycles. The summed E-state index contributed by atoms with van der Waals surface area (Å²) in [5.74, 6) is 0. The van der Waals surface area contributed by atoms with Crippen LogP contribution in [-0.4, -0.2) is 103 Å². The average molecular weight is 259 g/mol. The van der Waals surface area contributed by atoms with Crippen LogP contribution in [0.1, 0.15) is 0 Å². The van der Waals surface area contributed by atoms with Crippen LogP contribution in [0.5, 0.6) is 0 Å². The van der Waals surface area contributed by atoms with Crippen LogP contribution in [0.2, 0.25) is 0 Å². The third-order valence-electron chi connectivity index (χ3n) is 0. The second-order valence-electron chi connectivity index (χ2n) is 0. The fraction of sp³-hybridized carbons (Fsp3) is 0. The van der Waals surface area contributed by atoms with E-state index in [0.717, 1.165) is 0 Å². The van der Waals surface area contributed by atoms with E-state index >= 15 is 0 Å². The molecule has 0 nitrogen and oxygen atoms in total. The van der Waals surface area contributed by atoms with Crippen LogP contribution in [0.15, 0.2) is 0 Å². The average Bonchev–Trinajstić information content (AvgIpc) is 0. The van der Waals surface area contributed by atoms with E-state index in [1.807, 2.05) is 0 Å². The number of rotatable bonds is 0. The molecule has 0 atom stereocenters. The van der Waals surface area contributed by atoms with Gasteiger partial charge in [-0.3, -0.25) is 28.2 Å². The van der Waals surface area contributed by atoms with Gasteiger partial charge < -0.3 is 0 Å². The Hall–Kier alpha value is 3.35. The summed E-state index contributed by atoms with van der Waals surface area (Å²) < 4.78 is 0. The van der Waals surface area contributed by atoms with Crippen LogP contribution in [0.25, 0.3) is 0 Å². The molecule has 0 heterocycles. The van der Waals surface area contributed by atoms with Crippen LogP contribution >= 0.6 is 0 Å². The molecule has 0 aliphatic carbocycles. The molecule has 0 radical (unpaired) electrons. The third kappa shape index (κ3) is 88.5. The maximum absolute atomic E-state index is 0. The largest absolute Gasteiger partial charge is 0 e. The van der Waals surface area contributed by atoms with Crippen molar-refractivity contribution in [3.05, 3.63) is 0 Å². The van der Waals surface area contributed by atoms with Gasteiger partial charge in [0.05, 0.1) is 0 Å². The van der Waals surface area contributed by atoms with E-state index in [2.05, 4.69) is 0 Å². The van der Waals surface area contributed by atoms with Gasteiger partial charge in [-0.15, -0.1) is 0 Å². The monoisotopic (exact) mass is 258 g/mol. The van der Waals surface area contributed by atoms with Crippen LogP contribution < -0.4 is 0 Å². The maximum Gasteiger partial charge on any atom is 0 e. The van der Waals surface area contributed by atoms with Crippen molar-refractivity contribution in [3.8, 4) is 0 Å². The molecule has 0 aromatic carbocycles. The Kier molecular flexibility index (Phi) is 1710. The molecule has 0 aliphatic rings. The first-order valence-electron chi connectivity index (χ1n) is 0. The molecule has 9 heavy (non-hydrogen) atoms. The standard InChI is InChI=1S/6FH.2K.Ni.2H/h6*1H;;;;;. The van der Waals surface area contributed by atoms with E-state index in [4.69, 9.17) is 0 Å². The Balaban J connectivity index is 0. The first-order chi connectivity index (χ1) is 0. The van der Waals surface area contributed by atoms with Crippen molar-refractivity contribution in [2.24, 2.45) is 0 Å². The molecule has 0 unspecified atom stereocenters. The fourth-order valence-electron chi connectivity index (χ4n) is 0. The smallest absolute Gasteiger partial charge is 0 e. The van der Waals surface area contributed by atoms with E-state index in [0.29, 0.717) is 0 Å². The molecule has 0 N–H and O–H groups in total. The molecule has 62 valence electrons. The molecule has 0 spiro atoms. The molecule has 0 saturated heterocycles. The Labute approximate surface area is 144 Å². The topological polar surface area (TPSA) is 0 Å². The first-order valence-corrected chi connectivity index (χ1v) is 0. The van der Waals surface area contributed by atoms with Gasteiger partial charge in [0, 0.05) is 16.5 Å². The Morgan fingerprint density at radius 3 is 0.333 bits per heavy atom. The number of halogens is 6. The molecule has 0 aliphatic heterocycles. The molecule has 0 aromatic heterocycles. The second-order valence-corrected chi connectivity index (χ2v) is 0. The Morgan fingerprint density at radius 2 is 0.333 bits per heavy atom. The Bertz CT molecular complexity index is 11.0. The maximum atomic E-state index is 0. The summed E-state index contributed by atoms with van der Waals surface area (Å²) in [6.45, 7) is 0. The van der Waals surface area contributed by atoms with Crippen molar-refractivity contribution < 1.29 is 44.7 Å². The second kappa shape index (κ2) is 108. The van der Waals surface area contributed by atoms with Crippen LogP contribution in [-0.2, 0) is 16.5 Å². The van der Waals surface area contributed by atoms with Crippen molar-refractivity contribution in [2.75, 3.05) is 0 Å². The van der Waals surface area contributed by atoms with E-state index < -0.39 is 0 Å². The van der Waals surface area contributed by atoms with Gasteiger partial charge in [-0.1, -0.05) is 0 Å². The minimum atomic E-state index is 0. The fourth-order valence-corrected chi connectivity index (χ4v) is 0. The van der Waals surface area contributed by atoms with Gasteiger partial charge in [0.25, 0.3) is 0 Å². The van der Waals surface area contributed by atoms with Crippen LogP contribution in [0.4, 0.5) is 28.2 Å². The molecule has 0 aromatic rings. The van der Waals surface area contributed by atoms with E-state index in [1.165, 1.54) is 0 Å². The van der Waals surface area contributed by atoms with Gasteiger partial charge in [-0.25, -0.2) is 0 Å². The number of hydrogen-bond donors (Lipinski definition) is 0. The van der Waals surface area contributed by atoms with Gasteiger partial charge in [0.1, 0.15) is 0 Å². The Morgan fingerprint density at radius 1 is 0.333 bits per heavy atom. The quantitative estimate of drug-likeness (QED) is 0.411. The first kappa shape index (κ1) is 142. The minimum absolute atomic E-state index is 0. The summed E-state index contributed by atoms with van der Waals surface area (Å²) in [7, 11) is 0. The zero-order chi connectivity index (χ0) is 0. The van der Waals surface area contributed by atoms with Gasteiger partial charge >= 0.3 is 103 Å². The number of hydrogen-bond acceptors (Lipinski definition) is 0. The van der Waals surface area contributed by atoms with Gasteiger partial charge in [-0.05, 0) is 0 Å². The van der Waals surface area contributed by atoms with Gasteiger partial charge in [-0.2, -0.15) is 0 Å².